The van der Waals surface area contributed by atoms with Crippen molar-refractivity contribution in [2.75, 3.05) is 19.6 Å². The van der Waals surface area contributed by atoms with Gasteiger partial charge in [-0.15, -0.1) is 0 Å². The maximum Gasteiger partial charge on any atom is 0.305 e. The highest BCUT2D eigenvalue weighted by Gasteiger charge is 2.43. The van der Waals surface area contributed by atoms with E-state index in [0.29, 0.717) is 31.2 Å². The molecule has 622 valence electrons. The first-order valence-electron chi connectivity index (χ1n) is 37.9. The number of carboxylic acids is 1. The lowest BCUT2D eigenvalue weighted by Gasteiger charge is -2.34. The molecule has 0 spiro atoms. The fraction of sp³-hybridized carbons (Fsp3) is 0.667. The molecule has 1 aromatic carbocycles. The molecule has 1 aliphatic heterocycles. The summed E-state index contributed by atoms with van der Waals surface area (Å²) in [6.07, 6.45) is 1.48. The Morgan fingerprint density at radius 2 is 1.14 bits per heavy atom. The van der Waals surface area contributed by atoms with Crippen LogP contribution in [0.5, 0.6) is 0 Å². The quantitative estimate of drug-likeness (QED) is 0.0235. The number of carbonyl (C=O) groups excluding carboxylic acids is 16. The number of unbranched alkanes of at least 4 members (excludes halogenated alkanes) is 1. The van der Waals surface area contributed by atoms with Gasteiger partial charge in [0, 0.05) is 12.8 Å². The van der Waals surface area contributed by atoms with E-state index in [-0.39, 0.29) is 89.1 Å². The zero-order valence-corrected chi connectivity index (χ0v) is 66.4. The number of Topliss-reactive ketones (excluding diaryl/α,β-unsaturated/α-hetero) is 2. The van der Waals surface area contributed by atoms with Gasteiger partial charge in [-0.1, -0.05) is 97.9 Å². The lowest BCUT2D eigenvalue weighted by molar-refractivity contribution is -0.140. The number of nitrogens with one attached hydrogen (secondary N) is 13. The highest BCUT2D eigenvalue weighted by molar-refractivity contribution is 6.01. The van der Waals surface area contributed by atoms with Crippen molar-refractivity contribution >= 4 is 100 Å². The average Bonchev–Trinajstić information content (AvgIpc) is 0.969. The predicted octanol–water partition coefficient (Wildman–Crippen LogP) is -2.64. The summed E-state index contributed by atoms with van der Waals surface area (Å²) in [5.74, 6) is -17.0. The van der Waals surface area contributed by atoms with Crippen LogP contribution < -0.4 is 92.1 Å². The third kappa shape index (κ3) is 35.4. The lowest BCUT2D eigenvalue weighted by atomic mass is 9.91. The second-order valence-electron chi connectivity index (χ2n) is 30.5. The molecule has 14 atom stereocenters. The molecular formula is C75H123N17O19. The van der Waals surface area contributed by atoms with E-state index in [1.54, 1.807) is 84.0 Å². The second kappa shape index (κ2) is 48.1. The molecule has 23 N–H and O–H groups in total. The van der Waals surface area contributed by atoms with E-state index in [2.05, 4.69) is 69.1 Å². The minimum atomic E-state index is -1.87. The standard InChI is InChI=1S/C75H123N17O19/c1-40(2)33-52(84-67(105)53(34-41(3)4)86-71(109)61(46(11)94)81-39-55(95)50(36-57(78)97)83-70(108)60(43(7)8)90-65(103)51(37-58(98)99)80-38-44(9)93)66(104)85-54(35-47-25-19-18-20-26-47)68(106)92-75(13)31-23-17-15-14-16-22-30-74(12,72(110)87-48(62(79)100)28-29-56(77)96)91-63(101)45(10)82-69(107)59(42(5)6)89-64(102)49(88-73(75)111)27-21-24-32-76/h14-15,18-20,25-26,40-43,45-46,48-54,59-61,80-81,94H,16-17,21-24,27-39,76H2,1-13H3,(H2,77,96)(H2,78,97)(H2,79,100)(H,82,107)(H,83,108)(H,84,105)(H,85,104)(H,86,109)(H,87,110)(H,88,111)(H,89,102)(H,90,103)(H,91,101)(H,92,106)(H,98,99)/b15-14-/t45?,46-,48+,49+,50+,51+,52+,53+,54+,59+,60+,61+,74+,75+/m1/s1. The third-order valence-corrected chi connectivity index (χ3v) is 18.5. The van der Waals surface area contributed by atoms with Gasteiger partial charge in [0.1, 0.15) is 71.2 Å². The molecule has 14 amide bonds. The van der Waals surface area contributed by atoms with Crippen LogP contribution in [0.25, 0.3) is 0 Å². The zero-order valence-electron chi connectivity index (χ0n) is 66.4. The fourth-order valence-corrected chi connectivity index (χ4v) is 12.0. The number of aliphatic hydroxyl groups excluding tert-OH is 1. The number of primary amides is 3. The Hall–Kier alpha value is -9.81. The van der Waals surface area contributed by atoms with Crippen molar-refractivity contribution in [3.05, 3.63) is 48.0 Å². The van der Waals surface area contributed by atoms with Crippen LogP contribution in [0.2, 0.25) is 0 Å². The molecule has 2 rings (SSSR count). The Labute approximate surface area is 649 Å². The molecule has 1 aliphatic rings. The number of allylic oxidation sites excluding steroid dienone is 2. The van der Waals surface area contributed by atoms with Crippen LogP contribution in [0.3, 0.4) is 0 Å². The van der Waals surface area contributed by atoms with Gasteiger partial charge < -0.3 is 91.6 Å². The molecule has 1 aromatic rings. The Kier molecular flexibility index (Phi) is 42.1. The number of hydrogen-bond donors (Lipinski definition) is 19. The van der Waals surface area contributed by atoms with Crippen LogP contribution in [-0.2, 0) is 87.9 Å². The summed E-state index contributed by atoms with van der Waals surface area (Å²) < 4.78 is 0. The Morgan fingerprint density at radius 1 is 0.586 bits per heavy atom. The molecule has 0 aromatic heterocycles. The van der Waals surface area contributed by atoms with E-state index in [9.17, 15) is 82.1 Å². The Morgan fingerprint density at radius 3 is 1.65 bits per heavy atom. The average molecular weight is 1570 g/mol. The van der Waals surface area contributed by atoms with Gasteiger partial charge in [0.25, 0.3) is 0 Å². The SMILES string of the molecule is CC(=O)CN[C@@H](CC(=O)O)C(=O)N[C@H](C(=O)N[C@@H](CC(N)=O)C(=O)CN[C@H](C(=O)N[C@@H](CC(C)C)C(=O)N[C@@H](CC(C)C)C(=O)N[C@@H](Cc1ccccc1)C(=O)N[C@@]1(C)CCC/C=C\CCC[C@@](C)(C(=O)N[C@@H](CCC(N)=O)C(N)=O)NC(=O)C(C)NC(=O)[C@H](C(C)C)NC(=O)[C@H](CCCCN)NC1=O)[C@@H](C)O)C(C)C. The molecule has 0 fully saturated rings. The normalized spacial score (nSPS) is 21.0. The molecule has 1 heterocycles. The minimum Gasteiger partial charge on any atom is -0.481 e. The Bertz CT molecular complexity index is 3410. The number of benzene rings is 1. The van der Waals surface area contributed by atoms with Gasteiger partial charge in [0.05, 0.1) is 44.1 Å². The first kappa shape index (κ1) is 97.3. The summed E-state index contributed by atoms with van der Waals surface area (Å²) in [7, 11) is 0. The number of ketones is 2. The van der Waals surface area contributed by atoms with Crippen molar-refractivity contribution < 1.29 is 91.7 Å². The summed E-state index contributed by atoms with van der Waals surface area (Å²) in [5.41, 5.74) is 19.2. The number of carbonyl (C=O) groups is 17. The largest absolute Gasteiger partial charge is 0.481 e. The van der Waals surface area contributed by atoms with Crippen molar-refractivity contribution in [3.8, 4) is 0 Å². The molecule has 0 radical (unpaired) electrons. The number of aliphatic carboxylic acids is 1. The number of rotatable bonds is 42. The fourth-order valence-electron chi connectivity index (χ4n) is 12.0. The van der Waals surface area contributed by atoms with Crippen LogP contribution in [0.4, 0.5) is 0 Å². The Balaban J connectivity index is 2.66. The summed E-state index contributed by atoms with van der Waals surface area (Å²) >= 11 is 0. The third-order valence-electron chi connectivity index (χ3n) is 18.5. The van der Waals surface area contributed by atoms with Gasteiger partial charge in [-0.25, -0.2) is 0 Å². The van der Waals surface area contributed by atoms with Gasteiger partial charge in [-0.05, 0) is 147 Å². The number of amides is 14. The zero-order chi connectivity index (χ0) is 84.2. The highest BCUT2D eigenvalue weighted by Crippen LogP contribution is 2.22. The first-order valence-corrected chi connectivity index (χ1v) is 37.9. The molecule has 111 heavy (non-hydrogen) atoms. The smallest absolute Gasteiger partial charge is 0.305 e. The van der Waals surface area contributed by atoms with Gasteiger partial charge in [0.2, 0.25) is 82.7 Å². The topological polar surface area (TPSA) is 591 Å². The van der Waals surface area contributed by atoms with Crippen LogP contribution >= 0.6 is 0 Å². The van der Waals surface area contributed by atoms with E-state index in [4.69, 9.17) is 22.9 Å². The van der Waals surface area contributed by atoms with E-state index in [1.165, 1.54) is 48.5 Å². The summed E-state index contributed by atoms with van der Waals surface area (Å²) in [6, 6.07) is -7.31. The second-order valence-corrected chi connectivity index (χ2v) is 30.5. The van der Waals surface area contributed by atoms with E-state index in [0.717, 1.165) is 0 Å². The maximum atomic E-state index is 15.2. The molecule has 0 saturated carbocycles. The maximum absolute atomic E-state index is 15.2. The van der Waals surface area contributed by atoms with Gasteiger partial charge >= 0.3 is 5.97 Å². The highest BCUT2D eigenvalue weighted by atomic mass is 16.4. The molecule has 0 bridgehead atoms. The van der Waals surface area contributed by atoms with Gasteiger partial charge in [0.15, 0.2) is 5.78 Å². The van der Waals surface area contributed by atoms with Crippen molar-refractivity contribution in [1.29, 1.82) is 0 Å². The van der Waals surface area contributed by atoms with Crippen molar-refractivity contribution in [1.82, 2.24) is 69.1 Å². The van der Waals surface area contributed by atoms with Crippen molar-refractivity contribution in [2.24, 2.45) is 46.6 Å². The summed E-state index contributed by atoms with van der Waals surface area (Å²) in [4.78, 5) is 232. The molecule has 36 heteroatoms. The summed E-state index contributed by atoms with van der Waals surface area (Å²) in [6.45, 7) is 19.0. The van der Waals surface area contributed by atoms with Crippen molar-refractivity contribution in [3.63, 3.8) is 0 Å². The van der Waals surface area contributed by atoms with Crippen LogP contribution in [0.1, 0.15) is 192 Å². The van der Waals surface area contributed by atoms with Crippen LogP contribution in [0, 0.1) is 23.7 Å². The monoisotopic (exact) mass is 1570 g/mol. The number of carboxylic acid groups (broad SMARTS) is 1. The predicted molar refractivity (Wildman–Crippen MR) is 409 cm³/mol. The molecule has 0 saturated heterocycles. The molecule has 1 unspecified atom stereocenters. The van der Waals surface area contributed by atoms with E-state index in [1.807, 2.05) is 0 Å². The first-order chi connectivity index (χ1) is 51.8. The molecule has 0 aliphatic carbocycles. The minimum absolute atomic E-state index is 0.00364. The van der Waals surface area contributed by atoms with Gasteiger partial charge in [-0.2, -0.15) is 0 Å². The van der Waals surface area contributed by atoms with Crippen LogP contribution in [-0.4, -0.2) is 214 Å². The number of aliphatic hydroxyl groups is 1. The number of hydrogen-bond acceptors (Lipinski definition) is 21. The summed E-state index contributed by atoms with van der Waals surface area (Å²) in [5, 5.41) is 54.8. The number of nitrogens with two attached hydrogens (primary N) is 4. The molecule has 36 nitrogen and oxygen atoms in total. The van der Waals surface area contributed by atoms with E-state index < -0.39 is 215 Å². The molecular weight excluding hydrogens is 1440 g/mol. The van der Waals surface area contributed by atoms with E-state index >= 15 is 9.59 Å². The van der Waals surface area contributed by atoms with Crippen molar-refractivity contribution in [2.45, 2.75) is 276 Å². The lowest BCUT2D eigenvalue weighted by Crippen LogP contribution is -2.65. The van der Waals surface area contributed by atoms with Gasteiger partial charge in [-0.3, -0.25) is 92.1 Å². The van der Waals surface area contributed by atoms with Crippen LogP contribution in [0.15, 0.2) is 42.5 Å².